The number of hydrogen-bond donors (Lipinski definition) is 0. The summed E-state index contributed by atoms with van der Waals surface area (Å²) in [5.41, 5.74) is 4.01. The van der Waals surface area contributed by atoms with E-state index in [-0.39, 0.29) is 10.8 Å². The standard InChI is InChI=1S/C16H21NO/c1-12-9-13(15(2,3)4)5-6-14(12)16(7-8-17)10-18-11-16/h5-6,9H,7,10-11H2,1-4H3. The van der Waals surface area contributed by atoms with E-state index >= 15 is 0 Å². The van der Waals surface area contributed by atoms with Gasteiger partial charge in [-0.3, -0.25) is 0 Å². The topological polar surface area (TPSA) is 33.0 Å². The van der Waals surface area contributed by atoms with E-state index in [1.807, 2.05) is 0 Å². The number of nitriles is 1. The Morgan fingerprint density at radius 3 is 2.39 bits per heavy atom. The lowest BCUT2D eigenvalue weighted by Crippen LogP contribution is -2.47. The molecular formula is C16H21NO. The lowest BCUT2D eigenvalue weighted by atomic mass is 9.73. The summed E-state index contributed by atoms with van der Waals surface area (Å²) in [6, 6.07) is 8.94. The first-order chi connectivity index (χ1) is 8.39. The smallest absolute Gasteiger partial charge is 0.0632 e. The maximum atomic E-state index is 9.00. The molecule has 0 radical (unpaired) electrons. The summed E-state index contributed by atoms with van der Waals surface area (Å²) in [5.74, 6) is 0. The van der Waals surface area contributed by atoms with Crippen molar-refractivity contribution in [3.63, 3.8) is 0 Å². The van der Waals surface area contributed by atoms with Crippen molar-refractivity contribution in [1.29, 1.82) is 5.26 Å². The zero-order chi connectivity index (χ0) is 13.4. The molecule has 0 spiro atoms. The molecule has 0 aromatic heterocycles. The molecule has 2 nitrogen and oxygen atoms in total. The molecule has 0 N–H and O–H groups in total. The monoisotopic (exact) mass is 243 g/mol. The van der Waals surface area contributed by atoms with Crippen molar-refractivity contribution in [3.05, 3.63) is 34.9 Å². The van der Waals surface area contributed by atoms with Crippen LogP contribution in [0.3, 0.4) is 0 Å². The lowest BCUT2D eigenvalue weighted by molar-refractivity contribution is -0.0580. The van der Waals surface area contributed by atoms with Crippen LogP contribution in [0.2, 0.25) is 0 Å². The average molecular weight is 243 g/mol. The lowest BCUT2D eigenvalue weighted by Gasteiger charge is -2.41. The van der Waals surface area contributed by atoms with E-state index in [0.717, 1.165) is 0 Å². The van der Waals surface area contributed by atoms with E-state index in [9.17, 15) is 0 Å². The van der Waals surface area contributed by atoms with Gasteiger partial charge in [-0.15, -0.1) is 0 Å². The van der Waals surface area contributed by atoms with Gasteiger partial charge >= 0.3 is 0 Å². The molecule has 0 aliphatic carbocycles. The number of ether oxygens (including phenoxy) is 1. The van der Waals surface area contributed by atoms with E-state index in [4.69, 9.17) is 10.00 Å². The van der Waals surface area contributed by atoms with Crippen LogP contribution in [-0.2, 0) is 15.6 Å². The normalized spacial score (nSPS) is 17.9. The molecule has 1 aliphatic heterocycles. The van der Waals surface area contributed by atoms with Crippen LogP contribution in [0.4, 0.5) is 0 Å². The molecule has 0 unspecified atom stereocenters. The van der Waals surface area contributed by atoms with Gasteiger partial charge in [-0.2, -0.15) is 5.26 Å². The minimum atomic E-state index is -0.0603. The van der Waals surface area contributed by atoms with Crippen molar-refractivity contribution in [2.24, 2.45) is 0 Å². The third kappa shape index (κ3) is 2.15. The molecular weight excluding hydrogens is 222 g/mol. The molecule has 1 fully saturated rings. The van der Waals surface area contributed by atoms with E-state index in [2.05, 4.69) is 52.0 Å². The Labute approximate surface area is 110 Å². The number of hydrogen-bond acceptors (Lipinski definition) is 2. The number of benzene rings is 1. The van der Waals surface area contributed by atoms with Gasteiger partial charge in [-0.05, 0) is 29.0 Å². The predicted molar refractivity (Wildman–Crippen MR) is 72.6 cm³/mol. The van der Waals surface area contributed by atoms with Gasteiger partial charge in [0.2, 0.25) is 0 Å². The molecule has 18 heavy (non-hydrogen) atoms. The summed E-state index contributed by atoms with van der Waals surface area (Å²) in [5, 5.41) is 9.00. The van der Waals surface area contributed by atoms with Gasteiger partial charge in [0.1, 0.15) is 0 Å². The van der Waals surface area contributed by atoms with Crippen LogP contribution in [0, 0.1) is 18.3 Å². The highest BCUT2D eigenvalue weighted by atomic mass is 16.5. The molecule has 1 aliphatic rings. The zero-order valence-electron chi connectivity index (χ0n) is 11.7. The number of nitrogens with zero attached hydrogens (tertiary/aromatic N) is 1. The molecule has 1 aromatic carbocycles. The third-order valence-electron chi connectivity index (χ3n) is 3.84. The van der Waals surface area contributed by atoms with Crippen LogP contribution in [-0.4, -0.2) is 13.2 Å². The second kappa shape index (κ2) is 4.40. The number of rotatable bonds is 2. The molecule has 96 valence electrons. The van der Waals surface area contributed by atoms with Crippen LogP contribution in [0.5, 0.6) is 0 Å². The first-order valence-corrected chi connectivity index (χ1v) is 6.45. The Morgan fingerprint density at radius 1 is 1.33 bits per heavy atom. The van der Waals surface area contributed by atoms with E-state index < -0.39 is 0 Å². The quantitative estimate of drug-likeness (QED) is 0.796. The van der Waals surface area contributed by atoms with Crippen molar-refractivity contribution in [3.8, 4) is 6.07 Å². The highest BCUT2D eigenvalue weighted by Crippen LogP contribution is 2.38. The summed E-state index contributed by atoms with van der Waals surface area (Å²) in [4.78, 5) is 0. The van der Waals surface area contributed by atoms with E-state index in [1.54, 1.807) is 0 Å². The summed E-state index contributed by atoms with van der Waals surface area (Å²) in [6.07, 6.45) is 0.544. The van der Waals surface area contributed by atoms with Crippen LogP contribution >= 0.6 is 0 Å². The molecule has 0 bridgehead atoms. The van der Waals surface area contributed by atoms with Gasteiger partial charge in [0.25, 0.3) is 0 Å². The van der Waals surface area contributed by atoms with E-state index in [1.165, 1.54) is 16.7 Å². The maximum absolute atomic E-state index is 9.00. The summed E-state index contributed by atoms with van der Waals surface area (Å²) < 4.78 is 5.35. The molecule has 1 aromatic rings. The zero-order valence-corrected chi connectivity index (χ0v) is 11.7. The summed E-state index contributed by atoms with van der Waals surface area (Å²) in [6.45, 7) is 10.2. The van der Waals surface area contributed by atoms with E-state index in [0.29, 0.717) is 19.6 Å². The Bertz CT molecular complexity index is 487. The van der Waals surface area contributed by atoms with Crippen molar-refractivity contribution >= 4 is 0 Å². The van der Waals surface area contributed by atoms with Gasteiger partial charge in [0.15, 0.2) is 0 Å². The van der Waals surface area contributed by atoms with Crippen LogP contribution in [0.1, 0.15) is 43.9 Å². The SMILES string of the molecule is Cc1cc(C(C)(C)C)ccc1C1(CC#N)COC1. The van der Waals surface area contributed by atoms with Crippen molar-refractivity contribution in [2.45, 2.75) is 44.9 Å². The fraction of sp³-hybridized carbons (Fsp3) is 0.562. The van der Waals surface area contributed by atoms with Gasteiger partial charge in [-0.25, -0.2) is 0 Å². The van der Waals surface area contributed by atoms with Crippen LogP contribution in [0.25, 0.3) is 0 Å². The van der Waals surface area contributed by atoms with Gasteiger partial charge < -0.3 is 4.74 Å². The second-order valence-electron chi connectivity index (χ2n) is 6.39. The summed E-state index contributed by atoms with van der Waals surface area (Å²) >= 11 is 0. The minimum Gasteiger partial charge on any atom is -0.379 e. The van der Waals surface area contributed by atoms with Crippen LogP contribution < -0.4 is 0 Å². The maximum Gasteiger partial charge on any atom is 0.0632 e. The molecule has 2 rings (SSSR count). The fourth-order valence-corrected chi connectivity index (χ4v) is 2.58. The molecule has 1 saturated heterocycles. The Kier molecular flexibility index (Phi) is 3.21. The summed E-state index contributed by atoms with van der Waals surface area (Å²) in [7, 11) is 0. The Hall–Kier alpha value is -1.33. The molecule has 0 amide bonds. The minimum absolute atomic E-state index is 0.0603. The highest BCUT2D eigenvalue weighted by molar-refractivity contribution is 5.41. The average Bonchev–Trinajstić information content (AvgIpc) is 2.22. The molecule has 0 atom stereocenters. The molecule has 0 saturated carbocycles. The van der Waals surface area contributed by atoms with Gasteiger partial charge in [0, 0.05) is 6.42 Å². The molecule has 1 heterocycles. The fourth-order valence-electron chi connectivity index (χ4n) is 2.58. The van der Waals surface area contributed by atoms with Crippen molar-refractivity contribution in [2.75, 3.05) is 13.2 Å². The Balaban J connectivity index is 2.39. The van der Waals surface area contributed by atoms with Crippen molar-refractivity contribution in [1.82, 2.24) is 0 Å². The van der Waals surface area contributed by atoms with Gasteiger partial charge in [-0.1, -0.05) is 39.0 Å². The first-order valence-electron chi connectivity index (χ1n) is 6.45. The number of aryl methyl sites for hydroxylation is 1. The van der Waals surface area contributed by atoms with Crippen molar-refractivity contribution < 1.29 is 4.74 Å². The second-order valence-corrected chi connectivity index (χ2v) is 6.39. The van der Waals surface area contributed by atoms with Gasteiger partial charge in [0.05, 0.1) is 24.7 Å². The first kappa shape index (κ1) is 13.1. The largest absolute Gasteiger partial charge is 0.379 e. The predicted octanol–water partition coefficient (Wildman–Crippen LogP) is 3.47. The van der Waals surface area contributed by atoms with Crippen LogP contribution in [0.15, 0.2) is 18.2 Å². The Morgan fingerprint density at radius 2 is 2.00 bits per heavy atom. The molecule has 2 heteroatoms. The highest BCUT2D eigenvalue weighted by Gasteiger charge is 2.41. The third-order valence-corrected chi connectivity index (χ3v) is 3.84.